The Morgan fingerprint density at radius 2 is 1.58 bits per heavy atom. The summed E-state index contributed by atoms with van der Waals surface area (Å²) < 4.78 is 24.1. The predicted molar refractivity (Wildman–Crippen MR) is 166 cm³/mol. The van der Waals surface area contributed by atoms with Crippen LogP contribution in [0.15, 0.2) is 60.7 Å². The molecule has 0 aromatic heterocycles. The van der Waals surface area contributed by atoms with E-state index < -0.39 is 12.2 Å². The van der Waals surface area contributed by atoms with E-state index >= 15 is 0 Å². The number of hydrogen-bond acceptors (Lipinski definition) is 9. The number of ether oxygens (including phenoxy) is 4. The minimum atomic E-state index is -0.616. The van der Waals surface area contributed by atoms with Crippen molar-refractivity contribution in [1.29, 1.82) is 0 Å². The van der Waals surface area contributed by atoms with Crippen LogP contribution < -0.4 is 20.3 Å². The normalized spacial score (nSPS) is 19.8. The van der Waals surface area contributed by atoms with Crippen LogP contribution in [0.25, 0.3) is 0 Å². The van der Waals surface area contributed by atoms with Gasteiger partial charge in [0.2, 0.25) is 11.8 Å². The van der Waals surface area contributed by atoms with Crippen molar-refractivity contribution in [2.75, 3.05) is 32.6 Å². The molecule has 0 saturated carbocycles. The molecule has 11 heteroatoms. The Kier molecular flexibility index (Phi) is 11.0. The highest BCUT2D eigenvalue weighted by Gasteiger charge is 2.34. The molecule has 1 saturated heterocycles. The average Bonchev–Trinajstić information content (AvgIpc) is 3.07. The molecule has 2 heterocycles. The number of amides is 2. The van der Waals surface area contributed by atoms with Gasteiger partial charge in [-0.15, -0.1) is 0 Å². The first-order chi connectivity index (χ1) is 21.9. The lowest BCUT2D eigenvalue weighted by Crippen LogP contribution is -2.41. The van der Waals surface area contributed by atoms with Gasteiger partial charge in [-0.05, 0) is 59.4 Å². The Morgan fingerprint density at radius 3 is 2.24 bits per heavy atom. The number of carbonyl (C=O) groups excluding carboxylic acids is 2. The number of nitrogens with one attached hydrogen (secondary N) is 2. The van der Waals surface area contributed by atoms with Crippen molar-refractivity contribution in [3.8, 4) is 11.5 Å². The molecule has 3 aromatic carbocycles. The standard InChI is InChI=1S/C34H41N3O8/c1-42-30-16-25-14-15-37(19-26(25)17-31(30)43-2)20-28-18-29(23-8-6-22(21-38)7-9-23)45-34(44-28)24-10-12-27(13-11-24)35-32(39)4-3-5-33(40)36-41/h6-13,16-17,28-29,34,38,41H,3-5,14-15,18-21H2,1-2H3,(H,35,39)(H,36,40)/t28-,29+,34+/m0/s1. The quantitative estimate of drug-likeness (QED) is 0.172. The maximum absolute atomic E-state index is 12.3. The fraction of sp³-hybridized carbons (Fsp3) is 0.412. The third-order valence-corrected chi connectivity index (χ3v) is 8.27. The van der Waals surface area contributed by atoms with Crippen molar-refractivity contribution in [2.45, 2.75) is 63.8 Å². The molecule has 0 unspecified atom stereocenters. The second-order valence-corrected chi connectivity index (χ2v) is 11.4. The van der Waals surface area contributed by atoms with E-state index in [-0.39, 0.29) is 37.6 Å². The van der Waals surface area contributed by atoms with Gasteiger partial charge in [-0.25, -0.2) is 5.48 Å². The Bertz CT molecular complexity index is 1450. The number of carbonyl (C=O) groups is 2. The van der Waals surface area contributed by atoms with Crippen molar-refractivity contribution in [3.05, 3.63) is 88.5 Å². The Labute approximate surface area is 263 Å². The van der Waals surface area contributed by atoms with Crippen molar-refractivity contribution in [3.63, 3.8) is 0 Å². The van der Waals surface area contributed by atoms with E-state index in [1.165, 1.54) is 11.1 Å². The maximum atomic E-state index is 12.3. The summed E-state index contributed by atoms with van der Waals surface area (Å²) in [5.41, 5.74) is 7.36. The topological polar surface area (TPSA) is 139 Å². The SMILES string of the molecule is COc1cc2c(cc1OC)CN(C[C@@H]1C[C@H](c3ccc(CO)cc3)O[C@H](c3ccc(NC(=O)CCCC(=O)NO)cc3)O1)CC2. The molecule has 2 aliphatic heterocycles. The van der Waals surface area contributed by atoms with E-state index in [9.17, 15) is 14.7 Å². The second kappa shape index (κ2) is 15.3. The van der Waals surface area contributed by atoms with Crippen LogP contribution >= 0.6 is 0 Å². The molecule has 0 spiro atoms. The minimum Gasteiger partial charge on any atom is -0.493 e. The van der Waals surface area contributed by atoms with Crippen LogP contribution in [0.3, 0.4) is 0 Å². The fourth-order valence-electron chi connectivity index (χ4n) is 5.83. The number of aliphatic hydroxyl groups excluding tert-OH is 1. The Morgan fingerprint density at radius 1 is 0.911 bits per heavy atom. The number of methoxy groups -OCH3 is 2. The summed E-state index contributed by atoms with van der Waals surface area (Å²) in [6.45, 7) is 2.37. The lowest BCUT2D eigenvalue weighted by atomic mass is 9.97. The third-order valence-electron chi connectivity index (χ3n) is 8.27. The van der Waals surface area contributed by atoms with E-state index in [1.54, 1.807) is 31.8 Å². The van der Waals surface area contributed by atoms with Crippen LogP contribution in [0.5, 0.6) is 11.5 Å². The summed E-state index contributed by atoms with van der Waals surface area (Å²) in [5, 5.41) is 21.0. The molecule has 5 rings (SSSR count). The average molecular weight is 620 g/mol. The van der Waals surface area contributed by atoms with E-state index in [4.69, 9.17) is 24.2 Å². The third kappa shape index (κ3) is 8.38. The molecule has 240 valence electrons. The summed E-state index contributed by atoms with van der Waals surface area (Å²) in [5.74, 6) is 0.726. The van der Waals surface area contributed by atoms with Gasteiger partial charge in [-0.3, -0.25) is 19.7 Å². The van der Waals surface area contributed by atoms with E-state index in [1.807, 2.05) is 36.4 Å². The zero-order valence-corrected chi connectivity index (χ0v) is 25.7. The molecule has 3 atom stereocenters. The monoisotopic (exact) mass is 619 g/mol. The lowest BCUT2D eigenvalue weighted by molar-refractivity contribution is -0.253. The molecule has 11 nitrogen and oxygen atoms in total. The highest BCUT2D eigenvalue weighted by atomic mass is 16.7. The fourth-order valence-corrected chi connectivity index (χ4v) is 5.83. The molecule has 3 aromatic rings. The number of aliphatic hydroxyl groups is 1. The number of hydroxylamine groups is 1. The molecule has 1 fully saturated rings. The summed E-state index contributed by atoms with van der Waals surface area (Å²) in [7, 11) is 3.30. The zero-order valence-electron chi connectivity index (χ0n) is 25.7. The smallest absolute Gasteiger partial charge is 0.243 e. The van der Waals surface area contributed by atoms with Crippen LogP contribution in [-0.2, 0) is 38.6 Å². The number of nitrogens with zero attached hydrogens (tertiary/aromatic N) is 1. The van der Waals surface area contributed by atoms with E-state index in [0.717, 1.165) is 54.2 Å². The highest BCUT2D eigenvalue weighted by molar-refractivity contribution is 5.91. The van der Waals surface area contributed by atoms with Crippen LogP contribution in [0.1, 0.15) is 65.9 Å². The van der Waals surface area contributed by atoms with Gasteiger partial charge >= 0.3 is 0 Å². The van der Waals surface area contributed by atoms with Crippen LogP contribution in [0, 0.1) is 0 Å². The molecule has 0 aliphatic carbocycles. The van der Waals surface area contributed by atoms with Gasteiger partial charge in [0.05, 0.1) is 33.0 Å². The first kappa shape index (κ1) is 32.4. The number of anilines is 1. The van der Waals surface area contributed by atoms with E-state index in [2.05, 4.69) is 22.3 Å². The zero-order chi connectivity index (χ0) is 31.8. The number of hydrogen-bond donors (Lipinski definition) is 4. The maximum Gasteiger partial charge on any atom is 0.243 e. The van der Waals surface area contributed by atoms with Crippen LogP contribution in [-0.4, -0.2) is 60.4 Å². The van der Waals surface area contributed by atoms with Gasteiger partial charge < -0.3 is 29.4 Å². The van der Waals surface area contributed by atoms with Crippen molar-refractivity contribution in [1.82, 2.24) is 10.4 Å². The molecular weight excluding hydrogens is 578 g/mol. The van der Waals surface area contributed by atoms with Crippen molar-refractivity contribution >= 4 is 17.5 Å². The number of benzene rings is 3. The molecular formula is C34H41N3O8. The van der Waals surface area contributed by atoms with Crippen molar-refractivity contribution < 1.29 is 38.9 Å². The first-order valence-corrected chi connectivity index (χ1v) is 15.2. The number of fused-ring (bicyclic) bond motifs is 1. The summed E-state index contributed by atoms with van der Waals surface area (Å²) in [4.78, 5) is 25.9. The van der Waals surface area contributed by atoms with Gasteiger partial charge in [-0.2, -0.15) is 0 Å². The van der Waals surface area contributed by atoms with E-state index in [0.29, 0.717) is 18.5 Å². The van der Waals surface area contributed by atoms with Crippen molar-refractivity contribution in [2.24, 2.45) is 0 Å². The molecule has 2 aliphatic rings. The molecule has 45 heavy (non-hydrogen) atoms. The van der Waals surface area contributed by atoms with Gasteiger partial charge in [0.15, 0.2) is 17.8 Å². The van der Waals surface area contributed by atoms with Gasteiger partial charge in [0.25, 0.3) is 0 Å². The Hall–Kier alpha value is -4.00. The Balaban J connectivity index is 1.28. The summed E-state index contributed by atoms with van der Waals surface area (Å²) in [6.07, 6.45) is 1.19. The van der Waals surface area contributed by atoms with Gasteiger partial charge in [0, 0.05) is 50.1 Å². The minimum absolute atomic E-state index is 0.0197. The molecule has 0 radical (unpaired) electrons. The van der Waals surface area contributed by atoms with Crippen LogP contribution in [0.2, 0.25) is 0 Å². The lowest BCUT2D eigenvalue weighted by Gasteiger charge is -2.39. The molecule has 2 amide bonds. The summed E-state index contributed by atoms with van der Waals surface area (Å²) >= 11 is 0. The first-order valence-electron chi connectivity index (χ1n) is 15.2. The van der Waals surface area contributed by atoms with Gasteiger partial charge in [-0.1, -0.05) is 36.4 Å². The summed E-state index contributed by atoms with van der Waals surface area (Å²) in [6, 6.07) is 19.3. The predicted octanol–water partition coefficient (Wildman–Crippen LogP) is 4.41. The second-order valence-electron chi connectivity index (χ2n) is 11.4. The van der Waals surface area contributed by atoms with Gasteiger partial charge in [0.1, 0.15) is 0 Å². The largest absolute Gasteiger partial charge is 0.493 e. The molecule has 4 N–H and O–H groups in total. The highest BCUT2D eigenvalue weighted by Crippen LogP contribution is 2.39. The number of rotatable bonds is 12. The molecule has 0 bridgehead atoms. The van der Waals surface area contributed by atoms with Crippen LogP contribution in [0.4, 0.5) is 5.69 Å².